The number of nitrogens with zero attached hydrogens (tertiary/aromatic N) is 6. The van der Waals surface area contributed by atoms with Crippen molar-refractivity contribution in [2.75, 3.05) is 24.7 Å². The molecule has 4 aromatic heterocycles. The van der Waals surface area contributed by atoms with Crippen molar-refractivity contribution in [2.24, 2.45) is 0 Å². The van der Waals surface area contributed by atoms with Gasteiger partial charge < -0.3 is 37.8 Å². The first-order valence-electron chi connectivity index (χ1n) is 12.9. The highest BCUT2D eigenvalue weighted by Gasteiger charge is 2.52. The van der Waals surface area contributed by atoms with E-state index >= 15 is 4.39 Å². The molecule has 7 rings (SSSR count). The number of aromatic amines is 1. The second-order valence-corrected chi connectivity index (χ2v) is 15.9. The lowest BCUT2D eigenvalue weighted by molar-refractivity contribution is -0.0559. The Morgan fingerprint density at radius 2 is 1.67 bits per heavy atom. The topological polar surface area (TPSA) is 306 Å². The van der Waals surface area contributed by atoms with Crippen LogP contribution in [0.25, 0.3) is 22.2 Å². The lowest BCUT2D eigenvalue weighted by Gasteiger charge is -2.26. The minimum Gasteiger partial charge on any atom is -0.383 e. The van der Waals surface area contributed by atoms with E-state index in [0.29, 0.717) is 11.0 Å². The van der Waals surface area contributed by atoms with Crippen LogP contribution < -0.4 is 29.3 Å². The molecule has 4 aromatic rings. The zero-order valence-electron chi connectivity index (χ0n) is 23.6. The summed E-state index contributed by atoms with van der Waals surface area (Å²) >= 11 is 8.16. The minimum absolute atomic E-state index is 0. The first-order valence-corrected chi connectivity index (χ1v) is 18.3. The Labute approximate surface area is 268 Å². The Hall–Kier alpha value is -2.66. The number of H-pyrrole nitrogens is 1. The standard InChI is InChI=1S/C21H24FN9O9P2S2.2H3N/c22-13-11-5-36-41(33,43)39-9-3-12(30-2-1-8-16(23)25-6-26-17(8)30)37-10(9)4-35-42(34,44)40-15(13)20(38-11)31-7-27-14-18(31)28-21(24)29-19(14)32;;/h1-2,6-7,9-13,15,20H,3-5H2,(H,33,43)(H,34,44)(H2,23,25,26)(H3,24,28,29,32);2*1H3/t9-,10+,11+,12+,13+,15+,20+,41?,42?;;/m0../s1. The van der Waals surface area contributed by atoms with Gasteiger partial charge in [0.1, 0.15) is 48.4 Å². The molecule has 3 fully saturated rings. The van der Waals surface area contributed by atoms with Crippen LogP contribution in [0, 0.1) is 0 Å². The van der Waals surface area contributed by atoms with E-state index in [0.717, 1.165) is 6.33 Å². The lowest BCUT2D eigenvalue weighted by atomic mass is 10.1. The molecule has 252 valence electrons. The van der Waals surface area contributed by atoms with E-state index in [1.807, 2.05) is 0 Å². The third kappa shape index (κ3) is 6.30. The van der Waals surface area contributed by atoms with Gasteiger partial charge in [0.2, 0.25) is 5.95 Å². The molecule has 3 saturated heterocycles. The molecular weight excluding hydrogens is 695 g/mol. The summed E-state index contributed by atoms with van der Waals surface area (Å²) in [7, 11) is 0. The van der Waals surface area contributed by atoms with Crippen LogP contribution in [0.15, 0.2) is 29.7 Å². The second-order valence-electron chi connectivity index (χ2n) is 10.1. The van der Waals surface area contributed by atoms with Crippen LogP contribution in [0.3, 0.4) is 0 Å². The van der Waals surface area contributed by atoms with Crippen LogP contribution in [0.1, 0.15) is 18.9 Å². The van der Waals surface area contributed by atoms with Crippen LogP contribution in [-0.2, 0) is 36.7 Å². The summed E-state index contributed by atoms with van der Waals surface area (Å²) in [5, 5.41) is 0.589. The number of fused-ring (bicyclic) bond motifs is 5. The molecule has 0 amide bonds. The highest BCUT2D eigenvalue weighted by atomic mass is 32.7. The molecule has 0 aromatic carbocycles. The Kier molecular flexibility index (Phi) is 9.61. The van der Waals surface area contributed by atoms with Gasteiger partial charge in [-0.3, -0.25) is 32.4 Å². The highest BCUT2D eigenvalue weighted by Crippen LogP contribution is 2.60. The number of nitrogens with one attached hydrogen (secondary N) is 1. The van der Waals surface area contributed by atoms with Gasteiger partial charge in [-0.1, -0.05) is 24.5 Å². The van der Waals surface area contributed by atoms with Crippen molar-refractivity contribution in [3.8, 4) is 0 Å². The van der Waals surface area contributed by atoms with Crippen LogP contribution in [0.4, 0.5) is 16.2 Å². The van der Waals surface area contributed by atoms with Gasteiger partial charge in [0.25, 0.3) is 5.56 Å². The summed E-state index contributed by atoms with van der Waals surface area (Å²) in [6.45, 7) is -9.56. The maximum Gasteiger partial charge on any atom is 0.386 e. The number of imidazole rings is 1. The number of anilines is 2. The summed E-state index contributed by atoms with van der Waals surface area (Å²) in [6, 6.07) is 1.71. The maximum atomic E-state index is 15.8. The van der Waals surface area contributed by atoms with E-state index in [2.05, 4.69) is 49.4 Å². The minimum atomic E-state index is -4.34. The number of rotatable bonds is 2. The summed E-state index contributed by atoms with van der Waals surface area (Å²) in [4.78, 5) is 30.9. The van der Waals surface area contributed by atoms with Gasteiger partial charge >= 0.3 is 13.6 Å². The molecule has 3 aliphatic rings. The Bertz CT molecular complexity index is 1920. The quantitative estimate of drug-likeness (QED) is 0.115. The molecular formula is C21H30FN11O9P2S2. The monoisotopic (exact) mass is 725 g/mol. The largest absolute Gasteiger partial charge is 0.386 e. The Balaban J connectivity index is 0.00000208. The van der Waals surface area contributed by atoms with Crippen molar-refractivity contribution in [3.63, 3.8) is 0 Å². The summed E-state index contributed by atoms with van der Waals surface area (Å²) in [5.41, 5.74) is 11.3. The van der Waals surface area contributed by atoms with Crippen LogP contribution in [-0.4, -0.2) is 77.9 Å². The number of halogens is 1. The predicted octanol–water partition coefficient (Wildman–Crippen LogP) is 2.47. The van der Waals surface area contributed by atoms with Gasteiger partial charge in [-0.15, -0.1) is 0 Å². The molecule has 3 aliphatic heterocycles. The summed E-state index contributed by atoms with van der Waals surface area (Å²) in [6.07, 6.45) is -4.87. The van der Waals surface area contributed by atoms with Crippen molar-refractivity contribution < 1.29 is 41.1 Å². The zero-order valence-corrected chi connectivity index (χ0v) is 27.1. The molecule has 46 heavy (non-hydrogen) atoms. The van der Waals surface area contributed by atoms with Gasteiger partial charge in [-0.2, -0.15) is 4.98 Å². The van der Waals surface area contributed by atoms with Gasteiger partial charge in [0.05, 0.1) is 24.9 Å². The molecule has 25 heteroatoms. The molecule has 9 atom stereocenters. The van der Waals surface area contributed by atoms with Crippen LogP contribution in [0.2, 0.25) is 0 Å². The number of ether oxygens (including phenoxy) is 2. The van der Waals surface area contributed by atoms with Gasteiger partial charge in [-0.25, -0.2) is 28.5 Å². The molecule has 0 radical (unpaired) electrons. The number of aromatic nitrogens is 7. The molecule has 20 nitrogen and oxygen atoms in total. The van der Waals surface area contributed by atoms with Crippen molar-refractivity contribution in [2.45, 2.75) is 49.5 Å². The van der Waals surface area contributed by atoms with Crippen LogP contribution >= 0.6 is 38.1 Å². The molecule has 7 heterocycles. The lowest BCUT2D eigenvalue weighted by Crippen LogP contribution is -2.32. The first kappa shape index (κ1) is 34.7. The Morgan fingerprint density at radius 1 is 0.957 bits per heavy atom. The van der Waals surface area contributed by atoms with E-state index < -0.39 is 75.4 Å². The number of alkyl halides is 1. The van der Waals surface area contributed by atoms with E-state index in [9.17, 15) is 13.9 Å². The van der Waals surface area contributed by atoms with Gasteiger partial charge in [0, 0.05) is 12.6 Å². The predicted molar refractivity (Wildman–Crippen MR) is 167 cm³/mol. The van der Waals surface area contributed by atoms with Gasteiger partial charge in [0.15, 0.2) is 23.6 Å². The number of thiol groups is 2. The molecule has 2 bridgehead atoms. The molecule has 0 spiro atoms. The smallest absolute Gasteiger partial charge is 0.383 e. The normalized spacial score (nSPS) is 35.0. The van der Waals surface area contributed by atoms with E-state index in [1.54, 1.807) is 16.8 Å². The average molecular weight is 726 g/mol. The van der Waals surface area contributed by atoms with Crippen molar-refractivity contribution >= 4 is 72.1 Å². The van der Waals surface area contributed by atoms with Crippen LogP contribution in [0.5, 0.6) is 0 Å². The van der Waals surface area contributed by atoms with Crippen molar-refractivity contribution in [3.05, 3.63) is 35.3 Å². The van der Waals surface area contributed by atoms with Crippen molar-refractivity contribution in [1.29, 1.82) is 0 Å². The molecule has 0 aliphatic carbocycles. The molecule has 11 N–H and O–H groups in total. The fraction of sp³-hybridized carbons (Fsp3) is 0.476. The van der Waals surface area contributed by atoms with Crippen molar-refractivity contribution in [1.82, 2.24) is 46.4 Å². The summed E-state index contributed by atoms with van der Waals surface area (Å²) < 4.78 is 79.8. The third-order valence-corrected chi connectivity index (χ3v) is 10.6. The fourth-order valence-corrected chi connectivity index (χ4v) is 8.35. The number of hydrogen-bond acceptors (Lipinski definition) is 17. The second kappa shape index (κ2) is 12.7. The molecule has 2 unspecified atom stereocenters. The highest BCUT2D eigenvalue weighted by molar-refractivity contribution is 8.44. The fourth-order valence-electron chi connectivity index (χ4n) is 5.37. The zero-order chi connectivity index (χ0) is 31.0. The number of nitrogen functional groups attached to an aromatic ring is 2. The Morgan fingerprint density at radius 3 is 2.43 bits per heavy atom. The SMILES string of the molecule is N.N.Nc1nc2c(ncn2[C@@H]2O[C@@H]3COP(=O)(S)O[C@H]4C[C@H](n5ccc6c(N)ncnc65)O[C@@H]4COP(=O)(S)O[C@@H]2[C@@H]3F)c(=O)[nH]1. The number of nitrogens with two attached hydrogens (primary N) is 2. The van der Waals surface area contributed by atoms with Gasteiger partial charge in [-0.05, 0) is 6.07 Å². The third-order valence-electron chi connectivity index (χ3n) is 7.35. The first-order chi connectivity index (χ1) is 20.9. The van der Waals surface area contributed by atoms with E-state index in [4.69, 9.17) is 39.0 Å². The van der Waals surface area contributed by atoms with E-state index in [-0.39, 0.29) is 41.7 Å². The number of hydrogen-bond donors (Lipinski definition) is 7. The average Bonchev–Trinajstić information content (AvgIpc) is 3.72. The summed E-state index contributed by atoms with van der Waals surface area (Å²) in [5.74, 6) is 0.0366. The maximum absolute atomic E-state index is 15.8. The van der Waals surface area contributed by atoms with E-state index in [1.165, 1.54) is 10.9 Å². The molecule has 0 saturated carbocycles.